The number of rotatable bonds is 3. The number of benzene rings is 2. The predicted octanol–water partition coefficient (Wildman–Crippen LogP) is 4.74. The van der Waals surface area contributed by atoms with Crippen LogP contribution in [0.15, 0.2) is 53.5 Å². The molecule has 0 radical (unpaired) electrons. The second kappa shape index (κ2) is 5.69. The molecule has 0 bridgehead atoms. The number of hydrogen-bond donors (Lipinski definition) is 0. The van der Waals surface area contributed by atoms with Crippen LogP contribution in [0.1, 0.15) is 41.8 Å². The third kappa shape index (κ3) is 2.97. The Balaban J connectivity index is 1.99. The van der Waals surface area contributed by atoms with Gasteiger partial charge in [0, 0.05) is 16.1 Å². The molecule has 0 spiro atoms. The fraction of sp³-hybridized carbons (Fsp3) is 0.263. The summed E-state index contributed by atoms with van der Waals surface area (Å²) in [6.45, 7) is 4.17. The lowest BCUT2D eigenvalue weighted by Crippen LogP contribution is -2.30. The van der Waals surface area contributed by atoms with E-state index in [0.29, 0.717) is 10.6 Å². The van der Waals surface area contributed by atoms with Gasteiger partial charge in [-0.05, 0) is 31.9 Å². The zero-order chi connectivity index (χ0) is 15.7. The van der Waals surface area contributed by atoms with Crippen LogP contribution in [-0.2, 0) is 6.42 Å². The quantitative estimate of drug-likeness (QED) is 0.753. The maximum absolute atomic E-state index is 12.5. The highest BCUT2D eigenvalue weighted by Gasteiger charge is 2.29. The van der Waals surface area contributed by atoms with Crippen molar-refractivity contribution in [3.8, 4) is 0 Å². The van der Waals surface area contributed by atoms with Gasteiger partial charge in [-0.3, -0.25) is 9.79 Å². The normalized spacial score (nSPS) is 15.9. The van der Waals surface area contributed by atoms with E-state index >= 15 is 0 Å². The number of hydrogen-bond acceptors (Lipinski definition) is 2. The largest absolute Gasteiger partial charge is 0.294 e. The maximum Gasteiger partial charge on any atom is 0.168 e. The number of Topliss-reactive ketones (excluding diaryl/α,β-unsaturated/α-hetero) is 1. The third-order valence-electron chi connectivity index (χ3n) is 3.87. The lowest BCUT2D eigenvalue weighted by molar-refractivity contribution is 0.100. The van der Waals surface area contributed by atoms with Crippen molar-refractivity contribution in [1.82, 2.24) is 0 Å². The Kier molecular flexibility index (Phi) is 3.88. The second-order valence-corrected chi connectivity index (χ2v) is 6.69. The van der Waals surface area contributed by atoms with E-state index in [1.165, 1.54) is 5.56 Å². The van der Waals surface area contributed by atoms with E-state index < -0.39 is 0 Å². The molecule has 2 nitrogen and oxygen atoms in total. The van der Waals surface area contributed by atoms with Gasteiger partial charge in [0.05, 0.1) is 17.7 Å². The standard InChI is InChI=1S/C19H18ClNO/c1-19(2)12-14-9-6-10-15(20)18(14)16(21-19)11-17(22)13-7-4-3-5-8-13/h3-10H,11-12H2,1-2H3. The molecule has 1 aliphatic rings. The molecular weight excluding hydrogens is 294 g/mol. The summed E-state index contributed by atoms with van der Waals surface area (Å²) >= 11 is 6.37. The van der Waals surface area contributed by atoms with Gasteiger partial charge in [-0.2, -0.15) is 0 Å². The summed E-state index contributed by atoms with van der Waals surface area (Å²) in [5.74, 6) is 0.0721. The topological polar surface area (TPSA) is 29.4 Å². The first-order valence-electron chi connectivity index (χ1n) is 7.41. The molecule has 112 valence electrons. The molecule has 0 saturated carbocycles. The Morgan fingerprint density at radius 3 is 2.59 bits per heavy atom. The van der Waals surface area contributed by atoms with E-state index in [1.54, 1.807) is 0 Å². The zero-order valence-corrected chi connectivity index (χ0v) is 13.5. The summed E-state index contributed by atoms with van der Waals surface area (Å²) in [6, 6.07) is 15.2. The molecule has 0 N–H and O–H groups in total. The summed E-state index contributed by atoms with van der Waals surface area (Å²) in [5.41, 5.74) is 3.41. The molecule has 2 aromatic rings. The molecule has 2 aromatic carbocycles. The van der Waals surface area contributed by atoms with Crippen molar-refractivity contribution in [1.29, 1.82) is 0 Å². The average molecular weight is 312 g/mol. The number of fused-ring (bicyclic) bond motifs is 1. The van der Waals surface area contributed by atoms with Gasteiger partial charge in [0.25, 0.3) is 0 Å². The van der Waals surface area contributed by atoms with Gasteiger partial charge in [0.15, 0.2) is 5.78 Å². The zero-order valence-electron chi connectivity index (χ0n) is 12.8. The first-order chi connectivity index (χ1) is 10.5. The molecule has 1 heterocycles. The molecule has 3 heteroatoms. The van der Waals surface area contributed by atoms with E-state index in [9.17, 15) is 4.79 Å². The molecular formula is C19H18ClNO. The Hall–Kier alpha value is -1.93. The van der Waals surface area contributed by atoms with E-state index in [0.717, 1.165) is 17.7 Å². The van der Waals surface area contributed by atoms with Crippen LogP contribution in [0.25, 0.3) is 0 Å². The van der Waals surface area contributed by atoms with Crippen molar-refractivity contribution < 1.29 is 4.79 Å². The lowest BCUT2D eigenvalue weighted by atomic mass is 9.85. The van der Waals surface area contributed by atoms with Gasteiger partial charge in [-0.25, -0.2) is 0 Å². The molecule has 0 unspecified atom stereocenters. The first-order valence-corrected chi connectivity index (χ1v) is 7.79. The number of ketones is 1. The number of aliphatic imine (C=N–C) groups is 1. The molecule has 0 atom stereocenters. The van der Waals surface area contributed by atoms with Crippen LogP contribution >= 0.6 is 11.6 Å². The monoisotopic (exact) mass is 311 g/mol. The number of nitrogens with zero attached hydrogens (tertiary/aromatic N) is 1. The van der Waals surface area contributed by atoms with Gasteiger partial charge in [-0.15, -0.1) is 0 Å². The third-order valence-corrected chi connectivity index (χ3v) is 4.19. The first kappa shape index (κ1) is 15.0. The van der Waals surface area contributed by atoms with Crippen LogP contribution in [0.5, 0.6) is 0 Å². The summed E-state index contributed by atoms with van der Waals surface area (Å²) in [7, 11) is 0. The lowest BCUT2D eigenvalue weighted by Gasteiger charge is -2.29. The molecule has 22 heavy (non-hydrogen) atoms. The molecule has 0 saturated heterocycles. The average Bonchev–Trinajstić information content (AvgIpc) is 2.46. The minimum Gasteiger partial charge on any atom is -0.294 e. The van der Waals surface area contributed by atoms with Crippen molar-refractivity contribution in [3.63, 3.8) is 0 Å². The summed E-state index contributed by atoms with van der Waals surface area (Å²) in [4.78, 5) is 17.3. The maximum atomic E-state index is 12.5. The minimum absolute atomic E-state index is 0.0721. The molecule has 0 amide bonds. The molecule has 0 aromatic heterocycles. The van der Waals surface area contributed by atoms with Crippen LogP contribution in [0.2, 0.25) is 5.02 Å². The highest BCUT2D eigenvalue weighted by molar-refractivity contribution is 6.35. The highest BCUT2D eigenvalue weighted by Crippen LogP contribution is 2.32. The van der Waals surface area contributed by atoms with Gasteiger partial charge in [0.1, 0.15) is 0 Å². The number of carbonyl (C=O) groups is 1. The SMILES string of the molecule is CC1(C)Cc2cccc(Cl)c2C(CC(=O)c2ccccc2)=N1. The summed E-state index contributed by atoms with van der Waals surface area (Å²) in [6.07, 6.45) is 1.12. The van der Waals surface area contributed by atoms with E-state index in [1.807, 2.05) is 42.5 Å². The smallest absolute Gasteiger partial charge is 0.168 e. The van der Waals surface area contributed by atoms with Crippen LogP contribution in [0.3, 0.4) is 0 Å². The van der Waals surface area contributed by atoms with Crippen LogP contribution < -0.4 is 0 Å². The molecule has 0 fully saturated rings. The van der Waals surface area contributed by atoms with Gasteiger partial charge in [0.2, 0.25) is 0 Å². The highest BCUT2D eigenvalue weighted by atomic mass is 35.5. The fourth-order valence-corrected chi connectivity index (χ4v) is 3.28. The molecule has 3 rings (SSSR count). The van der Waals surface area contributed by atoms with Crippen LogP contribution in [0.4, 0.5) is 0 Å². The molecule has 0 aliphatic carbocycles. The van der Waals surface area contributed by atoms with Gasteiger partial charge >= 0.3 is 0 Å². The number of halogens is 1. The Labute approximate surface area is 135 Å². The van der Waals surface area contributed by atoms with Crippen molar-refractivity contribution in [3.05, 3.63) is 70.2 Å². The summed E-state index contributed by atoms with van der Waals surface area (Å²) < 4.78 is 0. The van der Waals surface area contributed by atoms with Crippen molar-refractivity contribution in [2.24, 2.45) is 4.99 Å². The van der Waals surface area contributed by atoms with E-state index in [4.69, 9.17) is 16.6 Å². The Morgan fingerprint density at radius 1 is 1.14 bits per heavy atom. The minimum atomic E-state index is -0.204. The molecule has 1 aliphatic heterocycles. The summed E-state index contributed by atoms with van der Waals surface area (Å²) in [5, 5.41) is 0.674. The predicted molar refractivity (Wildman–Crippen MR) is 91.2 cm³/mol. The van der Waals surface area contributed by atoms with E-state index in [-0.39, 0.29) is 17.7 Å². The van der Waals surface area contributed by atoms with Crippen LogP contribution in [0, 0.1) is 0 Å². The fourth-order valence-electron chi connectivity index (χ4n) is 2.97. The Morgan fingerprint density at radius 2 is 1.86 bits per heavy atom. The van der Waals surface area contributed by atoms with Gasteiger partial charge in [-0.1, -0.05) is 54.1 Å². The van der Waals surface area contributed by atoms with E-state index in [2.05, 4.69) is 19.9 Å². The second-order valence-electron chi connectivity index (χ2n) is 6.29. The van der Waals surface area contributed by atoms with Crippen LogP contribution in [-0.4, -0.2) is 17.0 Å². The Bertz CT molecular complexity index is 747. The number of carbonyl (C=O) groups excluding carboxylic acids is 1. The van der Waals surface area contributed by atoms with Crippen molar-refractivity contribution in [2.45, 2.75) is 32.2 Å². The van der Waals surface area contributed by atoms with Crippen molar-refractivity contribution in [2.75, 3.05) is 0 Å². The van der Waals surface area contributed by atoms with Gasteiger partial charge < -0.3 is 0 Å². The van der Waals surface area contributed by atoms with Crippen molar-refractivity contribution >= 4 is 23.1 Å².